The minimum atomic E-state index is -0.407. The molecule has 0 fully saturated rings. The third-order valence-corrected chi connectivity index (χ3v) is 1.94. The summed E-state index contributed by atoms with van der Waals surface area (Å²) in [6, 6.07) is 3.34. The fourth-order valence-electron chi connectivity index (χ4n) is 1.13. The van der Waals surface area contributed by atoms with E-state index in [0.717, 1.165) is 12.0 Å². The Kier molecular flexibility index (Phi) is 4.26. The molecule has 4 N–H and O–H groups in total. The van der Waals surface area contributed by atoms with Gasteiger partial charge in [-0.05, 0) is 18.1 Å². The standard InChI is InChI=1S/C10H15N5O/c1-3-7-5-4-6-13-8(7)14-9(11)15-10(16)12-2/h4-6H,3H2,1-2H3,(H4,11,12,13,14,15,16). The van der Waals surface area contributed by atoms with Gasteiger partial charge >= 0.3 is 6.03 Å². The summed E-state index contributed by atoms with van der Waals surface area (Å²) < 4.78 is 0. The number of hydrogen-bond donors (Lipinski definition) is 3. The molecule has 0 atom stereocenters. The Labute approximate surface area is 94.0 Å². The van der Waals surface area contributed by atoms with Crippen LogP contribution in [-0.4, -0.2) is 24.0 Å². The number of carbonyl (C=O) groups excluding carboxylic acids is 1. The summed E-state index contributed by atoms with van der Waals surface area (Å²) in [6.45, 7) is 2.00. The molecule has 0 aliphatic rings. The number of aliphatic imine (C=N–C) groups is 1. The second-order valence-electron chi connectivity index (χ2n) is 3.04. The Morgan fingerprint density at radius 1 is 1.62 bits per heavy atom. The molecule has 0 aromatic carbocycles. The molecule has 0 unspecified atom stereocenters. The maximum absolute atomic E-state index is 11.0. The summed E-state index contributed by atoms with van der Waals surface area (Å²) in [5.74, 6) is 0.548. The number of nitrogens with one attached hydrogen (secondary N) is 2. The van der Waals surface area contributed by atoms with Crippen molar-refractivity contribution >= 4 is 17.8 Å². The maximum atomic E-state index is 11.0. The predicted octanol–water partition coefficient (Wildman–Crippen LogP) is 0.519. The van der Waals surface area contributed by atoms with Gasteiger partial charge in [-0.3, -0.25) is 5.32 Å². The summed E-state index contributed by atoms with van der Waals surface area (Å²) >= 11 is 0. The Hall–Kier alpha value is -2.11. The first-order valence-corrected chi connectivity index (χ1v) is 4.94. The lowest BCUT2D eigenvalue weighted by atomic mass is 10.2. The van der Waals surface area contributed by atoms with Crippen LogP contribution in [0.5, 0.6) is 0 Å². The Bertz CT molecular complexity index is 402. The van der Waals surface area contributed by atoms with E-state index in [9.17, 15) is 4.79 Å². The van der Waals surface area contributed by atoms with E-state index in [0.29, 0.717) is 5.82 Å². The number of nitrogens with zero attached hydrogens (tertiary/aromatic N) is 2. The molecule has 2 amide bonds. The summed E-state index contributed by atoms with van der Waals surface area (Å²) in [5, 5.41) is 4.75. The quantitative estimate of drug-likeness (QED) is 0.502. The van der Waals surface area contributed by atoms with Gasteiger partial charge in [0.05, 0.1) is 0 Å². The van der Waals surface area contributed by atoms with E-state index < -0.39 is 6.03 Å². The third-order valence-electron chi connectivity index (χ3n) is 1.94. The van der Waals surface area contributed by atoms with Crippen molar-refractivity contribution in [3.63, 3.8) is 0 Å². The topological polar surface area (TPSA) is 92.4 Å². The monoisotopic (exact) mass is 221 g/mol. The van der Waals surface area contributed by atoms with E-state index >= 15 is 0 Å². The highest BCUT2D eigenvalue weighted by molar-refractivity contribution is 5.96. The summed E-state index contributed by atoms with van der Waals surface area (Å²) in [4.78, 5) is 19.1. The first kappa shape index (κ1) is 12.0. The van der Waals surface area contributed by atoms with Gasteiger partial charge in [-0.15, -0.1) is 0 Å². The van der Waals surface area contributed by atoms with Crippen molar-refractivity contribution < 1.29 is 4.79 Å². The van der Waals surface area contributed by atoms with Crippen LogP contribution in [0.2, 0.25) is 0 Å². The molecular formula is C10H15N5O. The van der Waals surface area contributed by atoms with E-state index in [1.54, 1.807) is 6.20 Å². The van der Waals surface area contributed by atoms with Gasteiger partial charge in [-0.2, -0.15) is 4.99 Å². The smallest absolute Gasteiger partial charge is 0.321 e. The molecular weight excluding hydrogens is 206 g/mol. The number of urea groups is 1. The molecule has 6 heteroatoms. The Morgan fingerprint density at radius 3 is 3.00 bits per heavy atom. The van der Waals surface area contributed by atoms with E-state index in [1.165, 1.54) is 7.05 Å². The average molecular weight is 221 g/mol. The molecule has 0 spiro atoms. The third kappa shape index (κ3) is 3.23. The van der Waals surface area contributed by atoms with E-state index in [4.69, 9.17) is 5.73 Å². The Balaban J connectivity index is 2.85. The van der Waals surface area contributed by atoms with Crippen LogP contribution in [0.3, 0.4) is 0 Å². The fraction of sp³-hybridized carbons (Fsp3) is 0.300. The molecule has 1 aromatic rings. The van der Waals surface area contributed by atoms with Crippen LogP contribution < -0.4 is 16.4 Å². The van der Waals surface area contributed by atoms with Gasteiger partial charge in [-0.25, -0.2) is 9.78 Å². The summed E-state index contributed by atoms with van der Waals surface area (Å²) in [5.41, 5.74) is 6.52. The number of pyridine rings is 1. The summed E-state index contributed by atoms with van der Waals surface area (Å²) in [7, 11) is 1.50. The van der Waals surface area contributed by atoms with Gasteiger partial charge in [0.2, 0.25) is 5.96 Å². The first-order valence-electron chi connectivity index (χ1n) is 4.94. The molecule has 1 heterocycles. The first-order chi connectivity index (χ1) is 7.67. The molecule has 6 nitrogen and oxygen atoms in total. The number of rotatable bonds is 2. The lowest BCUT2D eigenvalue weighted by Crippen LogP contribution is -2.41. The SMILES string of the molecule is CCc1cccnc1/N=C(\N)NC(=O)NC. The molecule has 0 saturated heterocycles. The lowest BCUT2D eigenvalue weighted by molar-refractivity contribution is 0.247. The average Bonchev–Trinajstić information content (AvgIpc) is 2.29. The van der Waals surface area contributed by atoms with Crippen molar-refractivity contribution in [2.45, 2.75) is 13.3 Å². The number of guanidine groups is 1. The normalized spacial score (nSPS) is 11.0. The zero-order valence-electron chi connectivity index (χ0n) is 9.32. The Morgan fingerprint density at radius 2 is 2.38 bits per heavy atom. The second-order valence-corrected chi connectivity index (χ2v) is 3.04. The van der Waals surface area contributed by atoms with E-state index in [-0.39, 0.29) is 5.96 Å². The minimum absolute atomic E-state index is 0.0211. The summed E-state index contributed by atoms with van der Waals surface area (Å²) in [6.07, 6.45) is 2.44. The number of aryl methyl sites for hydroxylation is 1. The number of amides is 2. The number of nitrogens with two attached hydrogens (primary N) is 1. The van der Waals surface area contributed by atoms with Crippen LogP contribution in [-0.2, 0) is 6.42 Å². The van der Waals surface area contributed by atoms with Crippen molar-refractivity contribution in [1.29, 1.82) is 0 Å². The maximum Gasteiger partial charge on any atom is 0.321 e. The molecule has 0 radical (unpaired) electrons. The molecule has 0 saturated carbocycles. The minimum Gasteiger partial charge on any atom is -0.369 e. The van der Waals surface area contributed by atoms with Gasteiger partial charge < -0.3 is 11.1 Å². The van der Waals surface area contributed by atoms with Crippen molar-refractivity contribution in [2.75, 3.05) is 7.05 Å². The van der Waals surface area contributed by atoms with Gasteiger partial charge in [-0.1, -0.05) is 13.0 Å². The molecule has 1 rings (SSSR count). The van der Waals surface area contributed by atoms with Gasteiger partial charge in [0.25, 0.3) is 0 Å². The largest absolute Gasteiger partial charge is 0.369 e. The zero-order chi connectivity index (χ0) is 12.0. The van der Waals surface area contributed by atoms with Crippen LogP contribution >= 0.6 is 0 Å². The zero-order valence-corrected chi connectivity index (χ0v) is 9.32. The van der Waals surface area contributed by atoms with E-state index in [2.05, 4.69) is 20.6 Å². The lowest BCUT2D eigenvalue weighted by Gasteiger charge is -2.04. The van der Waals surface area contributed by atoms with Gasteiger partial charge in [0.1, 0.15) is 0 Å². The van der Waals surface area contributed by atoms with Crippen LogP contribution in [0.4, 0.5) is 10.6 Å². The van der Waals surface area contributed by atoms with Crippen molar-refractivity contribution in [3.05, 3.63) is 23.9 Å². The second kappa shape index (κ2) is 5.69. The molecule has 0 bridgehead atoms. The molecule has 0 aliphatic carbocycles. The van der Waals surface area contributed by atoms with Crippen molar-refractivity contribution in [3.8, 4) is 0 Å². The predicted molar refractivity (Wildman–Crippen MR) is 62.5 cm³/mol. The van der Waals surface area contributed by atoms with Gasteiger partial charge in [0.15, 0.2) is 5.82 Å². The van der Waals surface area contributed by atoms with Crippen LogP contribution in [0, 0.1) is 0 Å². The highest BCUT2D eigenvalue weighted by Crippen LogP contribution is 2.14. The van der Waals surface area contributed by atoms with Crippen LogP contribution in [0.15, 0.2) is 23.3 Å². The number of carbonyl (C=O) groups is 1. The molecule has 0 aliphatic heterocycles. The van der Waals surface area contributed by atoms with Crippen molar-refractivity contribution in [2.24, 2.45) is 10.7 Å². The highest BCUT2D eigenvalue weighted by atomic mass is 16.2. The van der Waals surface area contributed by atoms with Gasteiger partial charge in [0, 0.05) is 13.2 Å². The van der Waals surface area contributed by atoms with E-state index in [1.807, 2.05) is 19.1 Å². The molecule has 1 aromatic heterocycles. The van der Waals surface area contributed by atoms with Crippen molar-refractivity contribution in [1.82, 2.24) is 15.6 Å². The molecule has 16 heavy (non-hydrogen) atoms. The van der Waals surface area contributed by atoms with Crippen LogP contribution in [0.1, 0.15) is 12.5 Å². The number of aromatic nitrogens is 1. The highest BCUT2D eigenvalue weighted by Gasteiger charge is 2.02. The molecule has 86 valence electrons. The fourth-order valence-corrected chi connectivity index (χ4v) is 1.13. The van der Waals surface area contributed by atoms with Crippen LogP contribution in [0.25, 0.3) is 0 Å². The number of hydrogen-bond acceptors (Lipinski definition) is 3.